The summed E-state index contributed by atoms with van der Waals surface area (Å²) < 4.78 is 236. The monoisotopic (exact) mass is 746 g/mol. The van der Waals surface area contributed by atoms with Gasteiger partial charge in [0, 0.05) is 0 Å². The molecule has 41 heavy (non-hydrogen) atoms. The number of halogens is 17. The van der Waals surface area contributed by atoms with Gasteiger partial charge in [0.1, 0.15) is 0 Å². The maximum atomic E-state index is 14.7. The molecule has 1 rings (SSSR count). The molecule has 0 saturated carbocycles. The van der Waals surface area contributed by atoms with Crippen LogP contribution in [0.3, 0.4) is 0 Å². The molecule has 0 amide bonds. The molecule has 0 aliphatic heterocycles. The first-order chi connectivity index (χ1) is 17.9. The van der Waals surface area contributed by atoms with Gasteiger partial charge in [-0.15, -0.1) is 0 Å². The van der Waals surface area contributed by atoms with Crippen LogP contribution in [0.1, 0.15) is 24.3 Å². The standard InChI is InChI=1S/C19H14F17O.3CH3.Sn/c1-3-9(10-4-6-11(37-2)7-5-10)8-12(20,21)13(22,23)14(24,25)15(26,27)16(28,29)17(30,31)18(32,33)19(34,35)36;;;;/h4-7,9H,1,3,8H2,2H3;3*1H3;. The van der Waals surface area contributed by atoms with Crippen molar-refractivity contribution < 1.29 is 79.4 Å². The Morgan fingerprint density at radius 3 is 1.29 bits per heavy atom. The van der Waals surface area contributed by atoms with Crippen molar-refractivity contribution in [1.29, 1.82) is 0 Å². The molecule has 1 aromatic carbocycles. The van der Waals surface area contributed by atoms with Crippen molar-refractivity contribution in [2.75, 3.05) is 7.11 Å². The molecule has 0 fully saturated rings. The van der Waals surface area contributed by atoms with E-state index in [1.807, 2.05) is 0 Å². The van der Waals surface area contributed by atoms with Gasteiger partial charge in [0.2, 0.25) is 0 Å². The summed E-state index contributed by atoms with van der Waals surface area (Å²) in [7, 11) is 1.17. The number of benzene rings is 1. The molecule has 1 atom stereocenters. The maximum absolute atomic E-state index is 14.7. The number of hydrogen-bond acceptors (Lipinski definition) is 1. The Kier molecular flexibility index (Phi) is 10.4. The molecule has 1 nitrogen and oxygen atoms in total. The zero-order chi connectivity index (χ0) is 32.9. The summed E-state index contributed by atoms with van der Waals surface area (Å²) in [5, 5.41) is 0. The molecule has 0 aromatic heterocycles. The number of ether oxygens (including phenoxy) is 1. The van der Waals surface area contributed by atoms with E-state index in [0.717, 1.165) is 24.3 Å². The molecular weight excluding hydrogens is 722 g/mol. The van der Waals surface area contributed by atoms with Gasteiger partial charge in [0.25, 0.3) is 0 Å². The van der Waals surface area contributed by atoms with Crippen molar-refractivity contribution in [3.05, 3.63) is 29.8 Å². The van der Waals surface area contributed by atoms with Crippen LogP contribution in [-0.4, -0.2) is 73.1 Å². The van der Waals surface area contributed by atoms with Crippen LogP contribution >= 0.6 is 0 Å². The van der Waals surface area contributed by atoms with Crippen molar-refractivity contribution >= 4 is 18.4 Å². The molecule has 240 valence electrons. The van der Waals surface area contributed by atoms with Gasteiger partial charge in [0.05, 0.1) is 0 Å². The Morgan fingerprint density at radius 1 is 0.585 bits per heavy atom. The summed E-state index contributed by atoms with van der Waals surface area (Å²) in [4.78, 5) is 5.21. The van der Waals surface area contributed by atoms with Crippen LogP contribution < -0.4 is 4.74 Å². The third-order valence-electron chi connectivity index (χ3n) is 6.12. The van der Waals surface area contributed by atoms with Gasteiger partial charge < -0.3 is 0 Å². The van der Waals surface area contributed by atoms with Crippen LogP contribution in [0.2, 0.25) is 19.3 Å². The van der Waals surface area contributed by atoms with E-state index in [1.54, 1.807) is 14.8 Å². The van der Waals surface area contributed by atoms with Crippen LogP contribution in [0.25, 0.3) is 0 Å². The predicted octanol–water partition coefficient (Wildman–Crippen LogP) is 9.91. The molecule has 19 heteroatoms. The number of alkyl halides is 17. The first-order valence-electron chi connectivity index (χ1n) is 11.2. The summed E-state index contributed by atoms with van der Waals surface area (Å²) >= 11 is -2.97. The molecule has 1 aromatic rings. The molecule has 0 saturated heterocycles. The Hall–Kier alpha value is -1.37. The van der Waals surface area contributed by atoms with Crippen molar-refractivity contribution in [1.82, 2.24) is 0 Å². The second kappa shape index (κ2) is 11.3. The van der Waals surface area contributed by atoms with Gasteiger partial charge in [-0.25, -0.2) is 0 Å². The minimum atomic E-state index is -8.63. The molecule has 0 bridgehead atoms. The molecule has 1 unspecified atom stereocenters. The summed E-state index contributed by atoms with van der Waals surface area (Å²) in [6, 6.07) is 4.25. The minimum absolute atomic E-state index is 0.101. The van der Waals surface area contributed by atoms with E-state index < -0.39 is 84.8 Å². The van der Waals surface area contributed by atoms with Crippen molar-refractivity contribution in [3.8, 4) is 5.75 Å². The predicted molar refractivity (Wildman–Crippen MR) is 114 cm³/mol. The molecule has 0 radical (unpaired) electrons. The normalized spacial score (nSPS) is 16.1. The fourth-order valence-corrected chi connectivity index (χ4v) is 6.97. The Labute approximate surface area is 226 Å². The van der Waals surface area contributed by atoms with Crippen LogP contribution in [0, 0.1) is 0 Å². The van der Waals surface area contributed by atoms with Gasteiger partial charge >= 0.3 is 213 Å². The molecule has 0 heterocycles. The van der Waals surface area contributed by atoms with E-state index in [1.165, 1.54) is 7.11 Å². The number of hydrogen-bond donors (Lipinski definition) is 0. The quantitative estimate of drug-likeness (QED) is 0.144. The third kappa shape index (κ3) is 6.60. The van der Waals surface area contributed by atoms with E-state index in [0.29, 0.717) is 0 Å². The third-order valence-corrected chi connectivity index (χ3v) is 11.2. The second-order valence-electron chi connectivity index (χ2n) is 10.4. The number of methoxy groups -OCH3 is 1. The average molecular weight is 745 g/mol. The van der Waals surface area contributed by atoms with Gasteiger partial charge in [-0.3, -0.25) is 0 Å². The fraction of sp³-hybridized carbons (Fsp3) is 0.727. The SMILES string of the molecule is COc1ccc(C(C[CH2][Sn]([CH3])([CH3])[CH3])CC(F)(F)C(F)(F)C(F)(F)C(F)(F)C(F)(F)C(F)(F)C(F)(F)C(F)(F)F)cc1. The van der Waals surface area contributed by atoms with Gasteiger partial charge in [-0.2, -0.15) is 13.2 Å². The van der Waals surface area contributed by atoms with Crippen LogP contribution in [0.5, 0.6) is 5.75 Å². The van der Waals surface area contributed by atoms with Crippen molar-refractivity contribution in [3.63, 3.8) is 0 Å². The van der Waals surface area contributed by atoms with Gasteiger partial charge in [0.15, 0.2) is 0 Å². The van der Waals surface area contributed by atoms with Crippen LogP contribution in [0.15, 0.2) is 24.3 Å². The van der Waals surface area contributed by atoms with E-state index in [2.05, 4.69) is 0 Å². The zero-order valence-electron chi connectivity index (χ0n) is 21.3. The summed E-state index contributed by atoms with van der Waals surface area (Å²) in [5.41, 5.74) is -0.256. The summed E-state index contributed by atoms with van der Waals surface area (Å²) in [6.45, 7) is 0. The molecule has 0 N–H and O–H groups in total. The molecule has 0 aliphatic rings. The first kappa shape index (κ1) is 37.7. The zero-order valence-corrected chi connectivity index (χ0v) is 24.2. The topological polar surface area (TPSA) is 9.23 Å². The average Bonchev–Trinajstić information content (AvgIpc) is 2.79. The van der Waals surface area contributed by atoms with Crippen LogP contribution in [-0.2, 0) is 0 Å². The van der Waals surface area contributed by atoms with Gasteiger partial charge in [-0.05, 0) is 0 Å². The van der Waals surface area contributed by atoms with Crippen LogP contribution in [0.4, 0.5) is 74.6 Å². The second-order valence-corrected chi connectivity index (χ2v) is 26.5. The molecule has 0 spiro atoms. The van der Waals surface area contributed by atoms with Gasteiger partial charge in [-0.1, -0.05) is 0 Å². The Bertz CT molecular complexity index is 1030. The summed E-state index contributed by atoms with van der Waals surface area (Å²) in [5.74, 6) is -58.0. The van der Waals surface area contributed by atoms with E-state index in [9.17, 15) is 74.6 Å². The first-order valence-corrected chi connectivity index (χ1v) is 21.8. The van der Waals surface area contributed by atoms with Crippen molar-refractivity contribution in [2.45, 2.75) is 85.6 Å². The molecule has 0 aliphatic carbocycles. The van der Waals surface area contributed by atoms with E-state index in [4.69, 9.17) is 4.74 Å². The number of rotatable bonds is 13. The van der Waals surface area contributed by atoms with E-state index >= 15 is 0 Å². The Morgan fingerprint density at radius 2 is 0.951 bits per heavy atom. The molecular formula is C22H23F17OSn. The fourth-order valence-electron chi connectivity index (χ4n) is 3.50. The van der Waals surface area contributed by atoms with Crippen molar-refractivity contribution in [2.24, 2.45) is 0 Å². The Balaban J connectivity index is 3.64. The van der Waals surface area contributed by atoms with E-state index in [-0.39, 0.29) is 15.7 Å². The summed E-state index contributed by atoms with van der Waals surface area (Å²) in [6.07, 6.45) is -10.7.